The Morgan fingerprint density at radius 1 is 0.737 bits per heavy atom. The van der Waals surface area contributed by atoms with Gasteiger partial charge in [0.2, 0.25) is 0 Å². The van der Waals surface area contributed by atoms with Gasteiger partial charge in [-0.2, -0.15) is 0 Å². The summed E-state index contributed by atoms with van der Waals surface area (Å²) in [4.78, 5) is 0. The summed E-state index contributed by atoms with van der Waals surface area (Å²) in [5, 5.41) is 18.9. The van der Waals surface area contributed by atoms with Gasteiger partial charge >= 0.3 is 0 Å². The molecule has 0 aliphatic rings. The van der Waals surface area contributed by atoms with Gasteiger partial charge in [0, 0.05) is 5.56 Å². The quantitative estimate of drug-likeness (QED) is 0.792. The van der Waals surface area contributed by atoms with Crippen LogP contribution in [-0.2, 0) is 6.42 Å². The molecule has 2 rings (SSSR count). The summed E-state index contributed by atoms with van der Waals surface area (Å²) in [7, 11) is 0. The minimum atomic E-state index is 0.205. The number of hydrogen-bond donors (Lipinski definition) is 2. The molecule has 0 spiro atoms. The number of aromatic hydroxyl groups is 2. The molecular formula is C17H22O2. The molecule has 0 fully saturated rings. The van der Waals surface area contributed by atoms with E-state index in [0.717, 1.165) is 25.7 Å². The lowest BCUT2D eigenvalue weighted by Gasteiger charge is -2.05. The van der Waals surface area contributed by atoms with Crippen LogP contribution in [0.5, 0.6) is 11.5 Å². The molecule has 0 aromatic heterocycles. The minimum Gasteiger partial charge on any atom is -0.508 e. The van der Waals surface area contributed by atoms with Crippen molar-refractivity contribution in [3.63, 3.8) is 0 Å². The third kappa shape index (κ3) is 5.96. The maximum absolute atomic E-state index is 9.43. The molecule has 2 heteroatoms. The number of hydrogen-bond acceptors (Lipinski definition) is 2. The van der Waals surface area contributed by atoms with Gasteiger partial charge in [-0.1, -0.05) is 62.2 Å². The van der Waals surface area contributed by atoms with Gasteiger partial charge in [-0.05, 0) is 25.0 Å². The van der Waals surface area contributed by atoms with Gasteiger partial charge in [-0.25, -0.2) is 0 Å². The fraction of sp³-hybridized carbons (Fsp3) is 0.294. The zero-order chi connectivity index (χ0) is 13.9. The molecule has 102 valence electrons. The van der Waals surface area contributed by atoms with E-state index in [1.165, 1.54) is 0 Å². The zero-order valence-corrected chi connectivity index (χ0v) is 11.4. The lowest BCUT2D eigenvalue weighted by Crippen LogP contribution is -1.87. The van der Waals surface area contributed by atoms with Crippen molar-refractivity contribution in [2.45, 2.75) is 32.6 Å². The largest absolute Gasteiger partial charge is 0.508 e. The summed E-state index contributed by atoms with van der Waals surface area (Å²) in [5.74, 6) is 0.409. The van der Waals surface area contributed by atoms with Crippen LogP contribution >= 0.6 is 0 Å². The van der Waals surface area contributed by atoms with Crippen molar-refractivity contribution in [3.8, 4) is 11.5 Å². The Labute approximate surface area is 115 Å². The lowest BCUT2D eigenvalue weighted by atomic mass is 10.1. The summed E-state index contributed by atoms with van der Waals surface area (Å²) in [6.45, 7) is 2.13. The van der Waals surface area contributed by atoms with E-state index in [1.807, 2.05) is 36.4 Å². The molecule has 0 unspecified atom stereocenters. The first kappa shape index (κ1) is 15.1. The van der Waals surface area contributed by atoms with Crippen molar-refractivity contribution < 1.29 is 10.2 Å². The molecule has 2 aromatic carbocycles. The second-order valence-electron chi connectivity index (χ2n) is 4.39. The van der Waals surface area contributed by atoms with Crippen LogP contribution in [0.4, 0.5) is 0 Å². The highest BCUT2D eigenvalue weighted by Gasteiger charge is 2.05. The first-order valence-electron chi connectivity index (χ1n) is 6.75. The van der Waals surface area contributed by atoms with Crippen molar-refractivity contribution in [1.29, 1.82) is 0 Å². The van der Waals surface area contributed by atoms with Crippen LogP contribution in [0.25, 0.3) is 0 Å². The van der Waals surface area contributed by atoms with E-state index in [1.54, 1.807) is 18.2 Å². The maximum atomic E-state index is 9.43. The molecule has 0 atom stereocenters. The summed E-state index contributed by atoms with van der Waals surface area (Å²) < 4.78 is 0. The van der Waals surface area contributed by atoms with Crippen LogP contribution in [0.15, 0.2) is 54.6 Å². The van der Waals surface area contributed by atoms with Crippen LogP contribution < -0.4 is 0 Å². The highest BCUT2D eigenvalue weighted by Crippen LogP contribution is 2.27. The normalized spacial score (nSPS) is 9.53. The lowest BCUT2D eigenvalue weighted by molar-refractivity contribution is 0.436. The van der Waals surface area contributed by atoms with E-state index in [2.05, 4.69) is 6.92 Å². The van der Waals surface area contributed by atoms with Crippen molar-refractivity contribution >= 4 is 0 Å². The second-order valence-corrected chi connectivity index (χ2v) is 4.39. The molecule has 0 saturated carbocycles. The van der Waals surface area contributed by atoms with Gasteiger partial charge in [0.1, 0.15) is 11.5 Å². The fourth-order valence-corrected chi connectivity index (χ4v) is 1.76. The van der Waals surface area contributed by atoms with Gasteiger partial charge in [-0.3, -0.25) is 0 Å². The van der Waals surface area contributed by atoms with Crippen LogP contribution in [0.1, 0.15) is 31.7 Å². The Morgan fingerprint density at radius 2 is 1.21 bits per heavy atom. The van der Waals surface area contributed by atoms with E-state index in [-0.39, 0.29) is 11.5 Å². The molecule has 2 N–H and O–H groups in total. The highest BCUT2D eigenvalue weighted by atomic mass is 16.3. The molecule has 0 saturated heterocycles. The average Bonchev–Trinajstić information content (AvgIpc) is 2.45. The molecule has 2 aromatic rings. The molecule has 0 amide bonds. The SMILES string of the molecule is CCCCCc1c(O)cccc1O.c1ccccc1. The minimum absolute atomic E-state index is 0.205. The van der Waals surface area contributed by atoms with E-state index in [9.17, 15) is 10.2 Å². The van der Waals surface area contributed by atoms with E-state index in [4.69, 9.17) is 0 Å². The number of unbranched alkanes of at least 4 members (excludes halogenated alkanes) is 2. The van der Waals surface area contributed by atoms with Crippen molar-refractivity contribution in [3.05, 3.63) is 60.2 Å². The van der Waals surface area contributed by atoms with Gasteiger partial charge in [0.25, 0.3) is 0 Å². The van der Waals surface area contributed by atoms with Crippen molar-refractivity contribution in [2.75, 3.05) is 0 Å². The predicted octanol–water partition coefficient (Wildman–Crippen LogP) is 4.52. The molecule has 0 radical (unpaired) electrons. The number of phenolic OH excluding ortho intramolecular Hbond substituents is 2. The third-order valence-corrected chi connectivity index (χ3v) is 2.82. The van der Waals surface area contributed by atoms with Crippen LogP contribution in [0, 0.1) is 0 Å². The van der Waals surface area contributed by atoms with Gasteiger partial charge in [0.05, 0.1) is 0 Å². The first-order chi connectivity index (χ1) is 9.25. The fourth-order valence-electron chi connectivity index (χ4n) is 1.76. The molecule has 0 aliphatic carbocycles. The van der Waals surface area contributed by atoms with Crippen LogP contribution in [-0.4, -0.2) is 10.2 Å². The second kappa shape index (κ2) is 9.03. The monoisotopic (exact) mass is 258 g/mol. The Balaban J connectivity index is 0.000000250. The molecule has 19 heavy (non-hydrogen) atoms. The summed E-state index contributed by atoms with van der Waals surface area (Å²) >= 11 is 0. The first-order valence-corrected chi connectivity index (χ1v) is 6.75. The number of benzene rings is 2. The van der Waals surface area contributed by atoms with Gasteiger partial charge in [0.15, 0.2) is 0 Å². The highest BCUT2D eigenvalue weighted by molar-refractivity contribution is 5.42. The zero-order valence-electron chi connectivity index (χ0n) is 11.4. The Bertz CT molecular complexity index is 405. The summed E-state index contributed by atoms with van der Waals surface area (Å²) in [6, 6.07) is 16.9. The van der Waals surface area contributed by atoms with E-state index >= 15 is 0 Å². The number of rotatable bonds is 4. The van der Waals surface area contributed by atoms with Gasteiger partial charge < -0.3 is 10.2 Å². The smallest absolute Gasteiger partial charge is 0.122 e. The maximum Gasteiger partial charge on any atom is 0.122 e. The number of phenols is 2. The molecular weight excluding hydrogens is 236 g/mol. The molecule has 0 bridgehead atoms. The molecule has 0 heterocycles. The van der Waals surface area contributed by atoms with Crippen molar-refractivity contribution in [1.82, 2.24) is 0 Å². The van der Waals surface area contributed by atoms with Crippen LogP contribution in [0.2, 0.25) is 0 Å². The summed E-state index contributed by atoms with van der Waals surface area (Å²) in [6.07, 6.45) is 4.05. The molecule has 0 aliphatic heterocycles. The topological polar surface area (TPSA) is 40.5 Å². The Morgan fingerprint density at radius 3 is 1.63 bits per heavy atom. The van der Waals surface area contributed by atoms with Gasteiger partial charge in [-0.15, -0.1) is 0 Å². The standard InChI is InChI=1S/C11H16O2.C6H6/c1-2-3-4-6-9-10(12)7-5-8-11(9)13;1-2-4-6-5-3-1/h5,7-8,12-13H,2-4,6H2,1H3;1-6H. The Kier molecular flexibility index (Phi) is 7.18. The Hall–Kier alpha value is -1.96. The third-order valence-electron chi connectivity index (χ3n) is 2.82. The van der Waals surface area contributed by atoms with E-state index < -0.39 is 0 Å². The van der Waals surface area contributed by atoms with Crippen molar-refractivity contribution in [2.24, 2.45) is 0 Å². The molecule has 2 nitrogen and oxygen atoms in total. The van der Waals surface area contributed by atoms with Crippen LogP contribution in [0.3, 0.4) is 0 Å². The predicted molar refractivity (Wildman–Crippen MR) is 79.4 cm³/mol. The summed E-state index contributed by atoms with van der Waals surface area (Å²) in [5.41, 5.74) is 0.677. The van der Waals surface area contributed by atoms with E-state index in [0.29, 0.717) is 5.56 Å². The average molecular weight is 258 g/mol.